The summed E-state index contributed by atoms with van der Waals surface area (Å²) in [6.07, 6.45) is -4.83. The number of nitrogens with zero attached hydrogens (tertiary/aromatic N) is 1. The summed E-state index contributed by atoms with van der Waals surface area (Å²) >= 11 is 0. The average Bonchev–Trinajstić information content (AvgIpc) is 2.38. The third kappa shape index (κ3) is 3.10. The number of hydrogen-bond acceptors (Lipinski definition) is 3. The average molecular weight is 326 g/mol. The van der Waals surface area contributed by atoms with Crippen molar-refractivity contribution < 1.29 is 18.0 Å². The number of aromatic amines is 1. The molecule has 23 heavy (non-hydrogen) atoms. The first-order valence-electron chi connectivity index (χ1n) is 6.58. The Morgan fingerprint density at radius 2 is 1.70 bits per heavy atom. The number of H-pyrrole nitrogens is 1. The van der Waals surface area contributed by atoms with Gasteiger partial charge in [-0.3, -0.25) is 9.59 Å². The van der Waals surface area contributed by atoms with Gasteiger partial charge in [-0.05, 0) is 38.0 Å². The molecule has 0 radical (unpaired) electrons. The van der Waals surface area contributed by atoms with Crippen molar-refractivity contribution in [1.29, 1.82) is 0 Å². The number of rotatable bonds is 2. The van der Waals surface area contributed by atoms with Crippen LogP contribution >= 0.6 is 0 Å². The Balaban J connectivity index is 2.79. The van der Waals surface area contributed by atoms with E-state index in [-0.39, 0.29) is 17.0 Å². The number of nitrogens with one attached hydrogen (secondary N) is 1. The maximum atomic E-state index is 12.6. The molecule has 0 amide bonds. The first kappa shape index (κ1) is 16.7. The first-order valence-corrected chi connectivity index (χ1v) is 6.58. The molecule has 0 aliphatic carbocycles. The SMILES string of the molecule is CC(=O)c1cc(-n2c(=O)cc(C(F)(F)F)[nH]c2=O)c(C)cc1C. The Bertz CT molecular complexity index is 876. The lowest BCUT2D eigenvalue weighted by Gasteiger charge is -2.13. The van der Waals surface area contributed by atoms with E-state index in [4.69, 9.17) is 0 Å². The Hall–Kier alpha value is -2.64. The van der Waals surface area contributed by atoms with Gasteiger partial charge in [0.2, 0.25) is 0 Å². The molecule has 0 bridgehead atoms. The number of carbonyl (C=O) groups is 1. The fraction of sp³-hybridized carbons (Fsp3) is 0.267. The van der Waals surface area contributed by atoms with Gasteiger partial charge in [-0.15, -0.1) is 0 Å². The molecule has 1 heterocycles. The predicted octanol–water partition coefficient (Wildman–Crippen LogP) is 2.36. The molecule has 0 aliphatic rings. The van der Waals surface area contributed by atoms with Crippen LogP contribution in [0.4, 0.5) is 13.2 Å². The summed E-state index contributed by atoms with van der Waals surface area (Å²) in [4.78, 5) is 37.2. The van der Waals surface area contributed by atoms with Gasteiger partial charge in [0.1, 0.15) is 5.69 Å². The van der Waals surface area contributed by atoms with Crippen LogP contribution < -0.4 is 11.2 Å². The molecule has 0 saturated heterocycles. The first-order chi connectivity index (χ1) is 10.5. The fourth-order valence-corrected chi connectivity index (χ4v) is 2.34. The van der Waals surface area contributed by atoms with Crippen molar-refractivity contribution in [3.8, 4) is 5.69 Å². The molecule has 1 aromatic heterocycles. The molecule has 2 aromatic rings. The molecule has 5 nitrogen and oxygen atoms in total. The van der Waals surface area contributed by atoms with Gasteiger partial charge in [-0.1, -0.05) is 6.07 Å². The van der Waals surface area contributed by atoms with Crippen molar-refractivity contribution in [2.75, 3.05) is 0 Å². The molecule has 122 valence electrons. The second kappa shape index (κ2) is 5.53. The van der Waals surface area contributed by atoms with E-state index in [1.54, 1.807) is 24.9 Å². The molecule has 0 unspecified atom stereocenters. The van der Waals surface area contributed by atoms with E-state index in [0.29, 0.717) is 21.8 Å². The molecular formula is C15H13F3N2O3. The van der Waals surface area contributed by atoms with Crippen molar-refractivity contribution in [3.05, 3.63) is 61.4 Å². The van der Waals surface area contributed by atoms with Crippen LogP contribution in [0.3, 0.4) is 0 Å². The van der Waals surface area contributed by atoms with Gasteiger partial charge in [-0.2, -0.15) is 13.2 Å². The second-order valence-electron chi connectivity index (χ2n) is 5.17. The number of benzene rings is 1. The maximum Gasteiger partial charge on any atom is 0.431 e. The number of hydrogen-bond donors (Lipinski definition) is 1. The monoisotopic (exact) mass is 326 g/mol. The largest absolute Gasteiger partial charge is 0.431 e. The highest BCUT2D eigenvalue weighted by Crippen LogP contribution is 2.26. The van der Waals surface area contributed by atoms with Crippen LogP contribution in [0.15, 0.2) is 27.8 Å². The second-order valence-corrected chi connectivity index (χ2v) is 5.17. The van der Waals surface area contributed by atoms with Crippen LogP contribution in [0.2, 0.25) is 0 Å². The highest BCUT2D eigenvalue weighted by atomic mass is 19.4. The Kier molecular flexibility index (Phi) is 4.02. The van der Waals surface area contributed by atoms with Gasteiger partial charge in [0.25, 0.3) is 5.56 Å². The van der Waals surface area contributed by atoms with E-state index in [9.17, 15) is 27.6 Å². The van der Waals surface area contributed by atoms with Gasteiger partial charge in [-0.25, -0.2) is 9.36 Å². The minimum absolute atomic E-state index is 0.0702. The number of alkyl halides is 3. The molecule has 0 fully saturated rings. The quantitative estimate of drug-likeness (QED) is 0.861. The van der Waals surface area contributed by atoms with Crippen molar-refractivity contribution in [3.63, 3.8) is 0 Å². The molecular weight excluding hydrogens is 313 g/mol. The van der Waals surface area contributed by atoms with Crippen LogP contribution in [0, 0.1) is 13.8 Å². The third-order valence-corrected chi connectivity index (χ3v) is 3.40. The van der Waals surface area contributed by atoms with Crippen molar-refractivity contribution in [2.24, 2.45) is 0 Å². The van der Waals surface area contributed by atoms with E-state index in [1.807, 2.05) is 0 Å². The van der Waals surface area contributed by atoms with Crippen molar-refractivity contribution >= 4 is 5.78 Å². The zero-order valence-electron chi connectivity index (χ0n) is 12.5. The molecule has 0 aliphatic heterocycles. The van der Waals surface area contributed by atoms with Gasteiger partial charge < -0.3 is 4.98 Å². The number of Topliss-reactive ketones (excluding diaryl/α,β-unsaturated/α-hetero) is 1. The maximum absolute atomic E-state index is 12.6. The number of ketones is 1. The summed E-state index contributed by atoms with van der Waals surface area (Å²) < 4.78 is 38.4. The Morgan fingerprint density at radius 3 is 2.17 bits per heavy atom. The molecule has 0 spiro atoms. The third-order valence-electron chi connectivity index (χ3n) is 3.40. The summed E-state index contributed by atoms with van der Waals surface area (Å²) in [5.41, 5.74) is -2.26. The number of aromatic nitrogens is 2. The smallest absolute Gasteiger partial charge is 0.303 e. The van der Waals surface area contributed by atoms with Crippen molar-refractivity contribution in [2.45, 2.75) is 26.9 Å². The topological polar surface area (TPSA) is 71.9 Å². The molecule has 0 atom stereocenters. The minimum Gasteiger partial charge on any atom is -0.303 e. The van der Waals surface area contributed by atoms with Gasteiger partial charge >= 0.3 is 11.9 Å². The van der Waals surface area contributed by atoms with Crippen molar-refractivity contribution in [1.82, 2.24) is 9.55 Å². The standard InChI is InChI=1S/C15H13F3N2O3/c1-7-4-8(2)11(5-10(7)9(3)21)20-13(22)6-12(15(16,17)18)19-14(20)23/h4-6H,1-3H3,(H,19,23). The molecule has 1 N–H and O–H groups in total. The van der Waals surface area contributed by atoms with E-state index in [2.05, 4.69) is 0 Å². The fourth-order valence-electron chi connectivity index (χ4n) is 2.34. The molecule has 1 aromatic carbocycles. The van der Waals surface area contributed by atoms with E-state index < -0.39 is 23.1 Å². The molecule has 2 rings (SSSR count). The molecule has 8 heteroatoms. The number of halogens is 3. The van der Waals surface area contributed by atoms with Crippen LogP contribution in [-0.2, 0) is 6.18 Å². The summed E-state index contributed by atoms with van der Waals surface area (Å²) in [6, 6.07) is 3.24. The minimum atomic E-state index is -4.83. The lowest BCUT2D eigenvalue weighted by molar-refractivity contribution is -0.141. The van der Waals surface area contributed by atoms with E-state index in [1.165, 1.54) is 13.0 Å². The highest BCUT2D eigenvalue weighted by molar-refractivity contribution is 5.96. The number of aryl methyl sites for hydroxylation is 2. The van der Waals surface area contributed by atoms with Gasteiger partial charge in [0.15, 0.2) is 5.78 Å². The number of carbonyl (C=O) groups excluding carboxylic acids is 1. The summed E-state index contributed by atoms with van der Waals surface area (Å²) in [6.45, 7) is 4.60. The zero-order chi connectivity index (χ0) is 17.5. The zero-order valence-corrected chi connectivity index (χ0v) is 12.5. The van der Waals surface area contributed by atoms with Crippen LogP contribution in [0.5, 0.6) is 0 Å². The van der Waals surface area contributed by atoms with E-state index >= 15 is 0 Å². The summed E-state index contributed by atoms with van der Waals surface area (Å²) in [7, 11) is 0. The van der Waals surface area contributed by atoms with Crippen LogP contribution in [0.1, 0.15) is 34.1 Å². The Morgan fingerprint density at radius 1 is 1.09 bits per heavy atom. The van der Waals surface area contributed by atoms with Crippen LogP contribution in [-0.4, -0.2) is 15.3 Å². The lowest BCUT2D eigenvalue weighted by Crippen LogP contribution is -2.36. The lowest BCUT2D eigenvalue weighted by atomic mass is 10.0. The Labute approximate surface area is 128 Å². The predicted molar refractivity (Wildman–Crippen MR) is 77.1 cm³/mol. The molecule has 0 saturated carbocycles. The van der Waals surface area contributed by atoms with E-state index in [0.717, 1.165) is 0 Å². The normalized spacial score (nSPS) is 11.6. The summed E-state index contributed by atoms with van der Waals surface area (Å²) in [5, 5.41) is 0. The van der Waals surface area contributed by atoms with Gasteiger partial charge in [0, 0.05) is 11.6 Å². The van der Waals surface area contributed by atoms with Gasteiger partial charge in [0.05, 0.1) is 5.69 Å². The van der Waals surface area contributed by atoms with Crippen LogP contribution in [0.25, 0.3) is 5.69 Å². The highest BCUT2D eigenvalue weighted by Gasteiger charge is 2.33. The summed E-state index contributed by atoms with van der Waals surface area (Å²) in [5.74, 6) is -0.278.